The Morgan fingerprint density at radius 3 is 2.50 bits per heavy atom. The first-order valence-corrected chi connectivity index (χ1v) is 2.26. The summed E-state index contributed by atoms with van der Waals surface area (Å²) in [7, 11) is 1.32. The summed E-state index contributed by atoms with van der Waals surface area (Å²) in [6.45, 7) is 1.62. The predicted octanol–water partition coefficient (Wildman–Crippen LogP) is 0.429. The van der Waals surface area contributed by atoms with Crippen LogP contribution < -0.4 is 0 Å². The molecule has 0 fully saturated rings. The molecular formula is C6H8O2. The SMILES string of the molecule is C#CC(C)C(=O)OC. The highest BCUT2D eigenvalue weighted by Crippen LogP contribution is 1.92. The van der Waals surface area contributed by atoms with Crippen molar-refractivity contribution >= 4 is 5.97 Å². The van der Waals surface area contributed by atoms with Crippen molar-refractivity contribution in [3.63, 3.8) is 0 Å². The van der Waals surface area contributed by atoms with Crippen molar-refractivity contribution in [2.24, 2.45) is 5.92 Å². The molecule has 0 aliphatic rings. The Labute approximate surface area is 48.8 Å². The fraction of sp³-hybridized carbons (Fsp3) is 0.500. The van der Waals surface area contributed by atoms with Crippen LogP contribution in [-0.4, -0.2) is 13.1 Å². The monoisotopic (exact) mass is 112 g/mol. The van der Waals surface area contributed by atoms with Crippen molar-refractivity contribution in [3.8, 4) is 12.3 Å². The van der Waals surface area contributed by atoms with Crippen molar-refractivity contribution in [1.82, 2.24) is 0 Å². The molecule has 0 bridgehead atoms. The van der Waals surface area contributed by atoms with Gasteiger partial charge in [-0.2, -0.15) is 0 Å². The van der Waals surface area contributed by atoms with E-state index in [1.807, 2.05) is 0 Å². The van der Waals surface area contributed by atoms with Crippen LogP contribution in [0.3, 0.4) is 0 Å². The third kappa shape index (κ3) is 1.65. The van der Waals surface area contributed by atoms with Gasteiger partial charge in [-0.05, 0) is 6.92 Å². The molecule has 0 aliphatic heterocycles. The van der Waals surface area contributed by atoms with Crippen LogP contribution in [0, 0.1) is 18.3 Å². The molecule has 2 heteroatoms. The van der Waals surface area contributed by atoms with E-state index in [9.17, 15) is 4.79 Å². The molecule has 0 spiro atoms. The number of rotatable bonds is 1. The first-order valence-electron chi connectivity index (χ1n) is 2.26. The highest BCUT2D eigenvalue weighted by atomic mass is 16.5. The lowest BCUT2D eigenvalue weighted by molar-refractivity contribution is -0.142. The molecule has 0 amide bonds. The Morgan fingerprint density at radius 2 is 2.38 bits per heavy atom. The number of ether oxygens (including phenoxy) is 1. The summed E-state index contributed by atoms with van der Waals surface area (Å²) >= 11 is 0. The zero-order chi connectivity index (χ0) is 6.57. The molecule has 2 nitrogen and oxygen atoms in total. The van der Waals surface area contributed by atoms with Gasteiger partial charge in [-0.3, -0.25) is 4.79 Å². The zero-order valence-corrected chi connectivity index (χ0v) is 4.97. The number of hydrogen-bond donors (Lipinski definition) is 0. The predicted molar refractivity (Wildman–Crippen MR) is 30.0 cm³/mol. The van der Waals surface area contributed by atoms with E-state index in [0.29, 0.717) is 0 Å². The average molecular weight is 112 g/mol. The van der Waals surface area contributed by atoms with Gasteiger partial charge in [0.15, 0.2) is 0 Å². The summed E-state index contributed by atoms with van der Waals surface area (Å²) in [5, 5.41) is 0. The highest BCUT2D eigenvalue weighted by molar-refractivity contribution is 5.74. The minimum atomic E-state index is -0.417. The summed E-state index contributed by atoms with van der Waals surface area (Å²) in [6.07, 6.45) is 4.90. The second kappa shape index (κ2) is 3.09. The van der Waals surface area contributed by atoms with Gasteiger partial charge in [0.25, 0.3) is 0 Å². The fourth-order valence-electron chi connectivity index (χ4n) is 0.245. The Balaban J connectivity index is 3.68. The zero-order valence-electron chi connectivity index (χ0n) is 4.97. The van der Waals surface area contributed by atoms with Gasteiger partial charge in [-0.25, -0.2) is 0 Å². The summed E-state index contributed by atoms with van der Waals surface area (Å²) in [5.41, 5.74) is 0. The number of carbonyl (C=O) groups is 1. The molecule has 0 radical (unpaired) electrons. The van der Waals surface area contributed by atoms with Crippen LogP contribution in [0.15, 0.2) is 0 Å². The number of esters is 1. The molecule has 8 heavy (non-hydrogen) atoms. The normalized spacial score (nSPS) is 11.6. The largest absolute Gasteiger partial charge is 0.468 e. The second-order valence-corrected chi connectivity index (χ2v) is 1.41. The van der Waals surface area contributed by atoms with Crippen LogP contribution in [0.25, 0.3) is 0 Å². The molecule has 0 N–H and O–H groups in total. The fourth-order valence-corrected chi connectivity index (χ4v) is 0.245. The maximum Gasteiger partial charge on any atom is 0.320 e. The maximum absolute atomic E-state index is 10.4. The summed E-state index contributed by atoms with van der Waals surface area (Å²) in [5.74, 6) is 1.47. The molecule has 0 heterocycles. The maximum atomic E-state index is 10.4. The Bertz CT molecular complexity index is 121. The minimum Gasteiger partial charge on any atom is -0.468 e. The number of methoxy groups -OCH3 is 1. The van der Waals surface area contributed by atoms with Crippen molar-refractivity contribution < 1.29 is 9.53 Å². The van der Waals surface area contributed by atoms with Crippen molar-refractivity contribution in [3.05, 3.63) is 0 Å². The van der Waals surface area contributed by atoms with Crippen LogP contribution in [-0.2, 0) is 9.53 Å². The van der Waals surface area contributed by atoms with Gasteiger partial charge in [0.2, 0.25) is 0 Å². The van der Waals surface area contributed by atoms with Crippen LogP contribution in [0.5, 0.6) is 0 Å². The van der Waals surface area contributed by atoms with E-state index < -0.39 is 5.92 Å². The quantitative estimate of drug-likeness (QED) is 0.363. The third-order valence-corrected chi connectivity index (χ3v) is 0.805. The molecule has 0 rings (SSSR count). The van der Waals surface area contributed by atoms with Gasteiger partial charge < -0.3 is 4.74 Å². The lowest BCUT2D eigenvalue weighted by atomic mass is 10.2. The lowest BCUT2D eigenvalue weighted by Gasteiger charge is -1.97. The van der Waals surface area contributed by atoms with E-state index in [-0.39, 0.29) is 5.97 Å². The van der Waals surface area contributed by atoms with E-state index in [4.69, 9.17) is 6.42 Å². The number of terminal acetylenes is 1. The van der Waals surface area contributed by atoms with Crippen LogP contribution >= 0.6 is 0 Å². The first kappa shape index (κ1) is 7.03. The van der Waals surface area contributed by atoms with Crippen molar-refractivity contribution in [2.45, 2.75) is 6.92 Å². The molecule has 0 saturated heterocycles. The Hall–Kier alpha value is -0.970. The number of hydrogen-bond acceptors (Lipinski definition) is 2. The van der Waals surface area contributed by atoms with E-state index in [1.54, 1.807) is 6.92 Å². The van der Waals surface area contributed by atoms with Crippen molar-refractivity contribution in [2.75, 3.05) is 7.11 Å². The lowest BCUT2D eigenvalue weighted by Crippen LogP contribution is -2.09. The second-order valence-electron chi connectivity index (χ2n) is 1.41. The van der Waals surface area contributed by atoms with Crippen molar-refractivity contribution in [1.29, 1.82) is 0 Å². The van der Waals surface area contributed by atoms with E-state index >= 15 is 0 Å². The van der Waals surface area contributed by atoms with Gasteiger partial charge in [0, 0.05) is 0 Å². The van der Waals surface area contributed by atoms with Crippen LogP contribution in [0.2, 0.25) is 0 Å². The topological polar surface area (TPSA) is 26.3 Å². The van der Waals surface area contributed by atoms with Crippen LogP contribution in [0.4, 0.5) is 0 Å². The van der Waals surface area contributed by atoms with E-state index in [1.165, 1.54) is 7.11 Å². The van der Waals surface area contributed by atoms with Gasteiger partial charge in [0.05, 0.1) is 7.11 Å². The highest BCUT2D eigenvalue weighted by Gasteiger charge is 2.06. The molecule has 0 aromatic heterocycles. The molecule has 0 aromatic rings. The first-order chi connectivity index (χ1) is 3.72. The van der Waals surface area contributed by atoms with Gasteiger partial charge in [0.1, 0.15) is 5.92 Å². The molecule has 44 valence electrons. The molecule has 0 saturated carbocycles. The summed E-state index contributed by atoms with van der Waals surface area (Å²) in [4.78, 5) is 10.4. The number of carbonyl (C=O) groups excluding carboxylic acids is 1. The molecule has 1 unspecified atom stereocenters. The smallest absolute Gasteiger partial charge is 0.320 e. The van der Waals surface area contributed by atoms with Crippen LogP contribution in [0.1, 0.15) is 6.92 Å². The Morgan fingerprint density at radius 1 is 1.88 bits per heavy atom. The van der Waals surface area contributed by atoms with Gasteiger partial charge in [-0.1, -0.05) is 5.92 Å². The average Bonchev–Trinajstić information content (AvgIpc) is 1.84. The molecule has 0 aliphatic carbocycles. The molecular weight excluding hydrogens is 104 g/mol. The summed E-state index contributed by atoms with van der Waals surface area (Å²) < 4.78 is 4.32. The minimum absolute atomic E-state index is 0.354. The van der Waals surface area contributed by atoms with E-state index in [0.717, 1.165) is 0 Å². The third-order valence-electron chi connectivity index (χ3n) is 0.805. The standard InChI is InChI=1S/C6H8O2/c1-4-5(2)6(7)8-3/h1,5H,2-3H3. The van der Waals surface area contributed by atoms with E-state index in [2.05, 4.69) is 10.7 Å². The van der Waals surface area contributed by atoms with Gasteiger partial charge in [-0.15, -0.1) is 6.42 Å². The Kier molecular flexibility index (Phi) is 2.71. The molecule has 1 atom stereocenters. The van der Waals surface area contributed by atoms with Gasteiger partial charge >= 0.3 is 5.97 Å². The molecule has 0 aromatic carbocycles. The summed E-state index contributed by atoms with van der Waals surface area (Å²) in [6, 6.07) is 0.